The van der Waals surface area contributed by atoms with Crippen molar-refractivity contribution < 1.29 is 17.6 Å². The van der Waals surface area contributed by atoms with Crippen LogP contribution < -0.4 is 10.9 Å². The molecule has 0 saturated carbocycles. The van der Waals surface area contributed by atoms with E-state index in [1.165, 1.54) is 41.5 Å². The lowest BCUT2D eigenvalue weighted by molar-refractivity contribution is -0.116. The van der Waals surface area contributed by atoms with Crippen molar-refractivity contribution in [1.82, 2.24) is 19.3 Å². The number of anilines is 1. The number of carbonyl (C=O) groups excluding carboxylic acids is 1. The summed E-state index contributed by atoms with van der Waals surface area (Å²) in [6, 6.07) is 5.06. The number of aromatic nitrogens is 4. The number of benzene rings is 1. The van der Waals surface area contributed by atoms with Gasteiger partial charge in [-0.05, 0) is 24.6 Å². The summed E-state index contributed by atoms with van der Waals surface area (Å²) in [7, 11) is -3.11. The van der Waals surface area contributed by atoms with Gasteiger partial charge in [-0.15, -0.1) is 0 Å². The van der Waals surface area contributed by atoms with Gasteiger partial charge in [0.2, 0.25) is 5.91 Å². The van der Waals surface area contributed by atoms with Crippen LogP contribution in [0.4, 0.5) is 10.1 Å². The van der Waals surface area contributed by atoms with Crippen molar-refractivity contribution >= 4 is 32.5 Å². The minimum absolute atomic E-state index is 0.0371. The predicted octanol–water partition coefficient (Wildman–Crippen LogP) is 0.730. The Bertz CT molecular complexity index is 1230. The van der Waals surface area contributed by atoms with Crippen molar-refractivity contribution in [2.45, 2.75) is 19.0 Å². The number of nitrogens with zero attached hydrogens (tertiary/aromatic N) is 4. The Labute approximate surface area is 158 Å². The molecule has 2 aromatic heterocycles. The number of rotatable bonds is 4. The highest BCUT2D eigenvalue weighted by Gasteiger charge is 2.31. The standard InChI is InChI=1S/C17H16FN5O4S/c18-11-2-1-3-12(6-11)21-15(24)8-22-10-19-16-14(17(22)25)7-20-23(16)13-4-5-28(26,27)9-13/h1-3,6-7,10,13H,4-5,8-9H2,(H,21,24)/t13-/m0/s1. The molecule has 0 bridgehead atoms. The van der Waals surface area contributed by atoms with Crippen LogP contribution in [0.15, 0.2) is 41.6 Å². The van der Waals surface area contributed by atoms with Crippen molar-refractivity contribution in [1.29, 1.82) is 0 Å². The molecule has 1 aromatic carbocycles. The van der Waals surface area contributed by atoms with E-state index in [4.69, 9.17) is 0 Å². The summed E-state index contributed by atoms with van der Waals surface area (Å²) in [6.45, 7) is -0.304. The molecule has 146 valence electrons. The fourth-order valence-corrected chi connectivity index (χ4v) is 4.93. The summed E-state index contributed by atoms with van der Waals surface area (Å²) in [4.78, 5) is 29.0. The van der Waals surface area contributed by atoms with Crippen molar-refractivity contribution in [2.24, 2.45) is 0 Å². The van der Waals surface area contributed by atoms with Gasteiger partial charge in [0.15, 0.2) is 15.5 Å². The van der Waals surface area contributed by atoms with E-state index in [0.29, 0.717) is 6.42 Å². The van der Waals surface area contributed by atoms with Gasteiger partial charge in [0, 0.05) is 5.69 Å². The van der Waals surface area contributed by atoms with E-state index in [2.05, 4.69) is 15.4 Å². The second-order valence-corrected chi connectivity index (χ2v) is 8.85. The third-order valence-corrected chi connectivity index (χ3v) is 6.31. The molecule has 1 aliphatic heterocycles. The number of nitrogens with one attached hydrogen (secondary N) is 1. The first-order valence-electron chi connectivity index (χ1n) is 8.51. The average Bonchev–Trinajstić information content (AvgIpc) is 3.20. The smallest absolute Gasteiger partial charge is 0.264 e. The van der Waals surface area contributed by atoms with Crippen LogP contribution in [0.1, 0.15) is 12.5 Å². The van der Waals surface area contributed by atoms with Gasteiger partial charge in [-0.25, -0.2) is 22.5 Å². The van der Waals surface area contributed by atoms with Crippen molar-refractivity contribution in [2.75, 3.05) is 16.8 Å². The number of sulfone groups is 1. The summed E-state index contributed by atoms with van der Waals surface area (Å²) in [5.74, 6) is -0.955. The van der Waals surface area contributed by atoms with Crippen LogP contribution in [0.3, 0.4) is 0 Å². The molecule has 1 N–H and O–H groups in total. The molecule has 0 aliphatic carbocycles. The van der Waals surface area contributed by atoms with Crippen LogP contribution in [0.5, 0.6) is 0 Å². The van der Waals surface area contributed by atoms with Crippen LogP contribution in [-0.2, 0) is 21.2 Å². The third-order valence-electron chi connectivity index (χ3n) is 4.56. The maximum absolute atomic E-state index is 13.2. The summed E-state index contributed by atoms with van der Waals surface area (Å²) in [5.41, 5.74) is 0.0998. The molecule has 9 nitrogen and oxygen atoms in total. The molecular formula is C17H16FN5O4S. The lowest BCUT2D eigenvalue weighted by Gasteiger charge is -2.10. The number of hydrogen-bond donors (Lipinski definition) is 1. The Kier molecular flexibility index (Phi) is 4.46. The molecule has 11 heteroatoms. The number of carbonyl (C=O) groups is 1. The zero-order chi connectivity index (χ0) is 19.9. The predicted molar refractivity (Wildman–Crippen MR) is 99.1 cm³/mol. The minimum atomic E-state index is -3.11. The van der Waals surface area contributed by atoms with Gasteiger partial charge >= 0.3 is 0 Å². The highest BCUT2D eigenvalue weighted by Crippen LogP contribution is 2.25. The molecule has 1 fully saturated rings. The quantitative estimate of drug-likeness (QED) is 0.684. The molecule has 0 spiro atoms. The molecule has 1 amide bonds. The summed E-state index contributed by atoms with van der Waals surface area (Å²) < 4.78 is 39.2. The molecule has 4 rings (SSSR count). The van der Waals surface area contributed by atoms with Gasteiger partial charge in [0.05, 0.1) is 23.7 Å². The van der Waals surface area contributed by atoms with E-state index in [0.717, 1.165) is 4.57 Å². The highest BCUT2D eigenvalue weighted by molar-refractivity contribution is 7.91. The fraction of sp³-hybridized carbons (Fsp3) is 0.294. The van der Waals surface area contributed by atoms with Gasteiger partial charge in [0.1, 0.15) is 24.1 Å². The molecule has 1 saturated heterocycles. The van der Waals surface area contributed by atoms with Gasteiger partial charge in [-0.2, -0.15) is 5.10 Å². The van der Waals surface area contributed by atoms with Crippen molar-refractivity contribution in [3.63, 3.8) is 0 Å². The highest BCUT2D eigenvalue weighted by atomic mass is 32.2. The topological polar surface area (TPSA) is 116 Å². The van der Waals surface area contributed by atoms with Crippen LogP contribution in [0, 0.1) is 5.82 Å². The van der Waals surface area contributed by atoms with Crippen LogP contribution in [0.25, 0.3) is 11.0 Å². The summed E-state index contributed by atoms with van der Waals surface area (Å²) in [5, 5.41) is 6.85. The number of amides is 1. The molecule has 28 heavy (non-hydrogen) atoms. The lowest BCUT2D eigenvalue weighted by atomic mass is 10.3. The largest absolute Gasteiger partial charge is 0.324 e. The zero-order valence-electron chi connectivity index (χ0n) is 14.6. The Balaban J connectivity index is 1.57. The van der Waals surface area contributed by atoms with E-state index in [1.54, 1.807) is 0 Å². The maximum atomic E-state index is 13.2. The van der Waals surface area contributed by atoms with E-state index in [9.17, 15) is 22.4 Å². The Morgan fingerprint density at radius 1 is 1.36 bits per heavy atom. The first kappa shape index (κ1) is 18.3. The summed E-state index contributed by atoms with van der Waals surface area (Å²) in [6.07, 6.45) is 2.97. The minimum Gasteiger partial charge on any atom is -0.324 e. The molecule has 3 aromatic rings. The monoisotopic (exact) mass is 405 g/mol. The molecule has 1 atom stereocenters. The van der Waals surface area contributed by atoms with Gasteiger partial charge in [0.25, 0.3) is 5.56 Å². The first-order chi connectivity index (χ1) is 13.3. The summed E-state index contributed by atoms with van der Waals surface area (Å²) >= 11 is 0. The number of fused-ring (bicyclic) bond motifs is 1. The van der Waals surface area contributed by atoms with E-state index < -0.39 is 27.1 Å². The molecule has 3 heterocycles. The Morgan fingerprint density at radius 2 is 2.18 bits per heavy atom. The Morgan fingerprint density at radius 3 is 2.89 bits per heavy atom. The molecule has 0 unspecified atom stereocenters. The third kappa shape index (κ3) is 3.52. The van der Waals surface area contributed by atoms with Gasteiger partial charge < -0.3 is 5.32 Å². The molecule has 0 radical (unpaired) electrons. The van der Waals surface area contributed by atoms with Gasteiger partial charge in [-0.1, -0.05) is 6.07 Å². The van der Waals surface area contributed by atoms with E-state index in [-0.39, 0.29) is 40.8 Å². The van der Waals surface area contributed by atoms with E-state index >= 15 is 0 Å². The average molecular weight is 405 g/mol. The molecular weight excluding hydrogens is 389 g/mol. The van der Waals surface area contributed by atoms with Crippen molar-refractivity contribution in [3.8, 4) is 0 Å². The van der Waals surface area contributed by atoms with Crippen molar-refractivity contribution in [3.05, 3.63) is 53.0 Å². The van der Waals surface area contributed by atoms with Gasteiger partial charge in [-0.3, -0.25) is 14.2 Å². The number of halogens is 1. The van der Waals surface area contributed by atoms with Crippen LogP contribution in [0.2, 0.25) is 0 Å². The second-order valence-electron chi connectivity index (χ2n) is 6.62. The fourth-order valence-electron chi connectivity index (χ4n) is 3.24. The lowest BCUT2D eigenvalue weighted by Crippen LogP contribution is -2.28. The Hall–Kier alpha value is -3.08. The van der Waals surface area contributed by atoms with Crippen LogP contribution in [-0.4, -0.2) is 45.2 Å². The SMILES string of the molecule is O=C(Cn1cnc2c(cnn2[C@H]2CCS(=O)(=O)C2)c1=O)Nc1cccc(F)c1. The number of hydrogen-bond acceptors (Lipinski definition) is 6. The zero-order valence-corrected chi connectivity index (χ0v) is 15.4. The molecule has 1 aliphatic rings. The maximum Gasteiger partial charge on any atom is 0.264 e. The first-order valence-corrected chi connectivity index (χ1v) is 10.3. The van der Waals surface area contributed by atoms with Crippen LogP contribution >= 0.6 is 0 Å². The van der Waals surface area contributed by atoms with E-state index in [1.807, 2.05) is 0 Å². The normalized spacial score (nSPS) is 18.4. The second kappa shape index (κ2) is 6.82.